The molecule has 5 heteroatoms. The second-order valence-corrected chi connectivity index (χ2v) is 2.86. The van der Waals surface area contributed by atoms with E-state index in [1.54, 1.807) is 24.1 Å². The molecule has 0 unspecified atom stereocenters. The molecule has 1 aromatic heterocycles. The summed E-state index contributed by atoms with van der Waals surface area (Å²) in [5, 5.41) is 4.10. The van der Waals surface area contributed by atoms with Crippen molar-refractivity contribution in [2.24, 2.45) is 0 Å². The quantitative estimate of drug-likeness (QED) is 0.849. The second kappa shape index (κ2) is 4.70. The van der Waals surface area contributed by atoms with Crippen molar-refractivity contribution in [1.82, 2.24) is 9.78 Å². The topological polar surface area (TPSA) is 53.1 Å². The molecule has 2 N–H and O–H groups in total. The van der Waals surface area contributed by atoms with Crippen molar-refractivity contribution in [2.75, 3.05) is 12.8 Å². The van der Waals surface area contributed by atoms with Crippen molar-refractivity contribution in [1.29, 1.82) is 0 Å². The number of anilines is 1. The molecule has 0 aliphatic rings. The van der Waals surface area contributed by atoms with Gasteiger partial charge in [-0.25, -0.2) is 4.68 Å². The highest BCUT2D eigenvalue weighted by molar-refractivity contribution is 5.85. The Balaban J connectivity index is 0.00000112. The smallest absolute Gasteiger partial charge is 0.145 e. The van der Waals surface area contributed by atoms with Crippen LogP contribution in [0.3, 0.4) is 0 Å². The minimum atomic E-state index is 0. The molecule has 4 nitrogen and oxygen atoms in total. The van der Waals surface area contributed by atoms with E-state index in [1.165, 1.54) is 0 Å². The Morgan fingerprint density at radius 3 is 2.60 bits per heavy atom. The Bertz CT molecular complexity index is 442. The van der Waals surface area contributed by atoms with Crippen LogP contribution < -0.4 is 10.5 Å². The van der Waals surface area contributed by atoms with Gasteiger partial charge in [-0.05, 0) is 12.1 Å². The Labute approximate surface area is 94.1 Å². The van der Waals surface area contributed by atoms with Gasteiger partial charge in [0.05, 0.1) is 7.11 Å². The van der Waals surface area contributed by atoms with E-state index < -0.39 is 0 Å². The Morgan fingerprint density at radius 2 is 2.00 bits per heavy atom. The average Bonchev–Trinajstić information content (AvgIpc) is 2.65. The molecule has 0 saturated carbocycles. The molecule has 1 heterocycles. The number of aromatic nitrogens is 2. The van der Waals surface area contributed by atoms with Gasteiger partial charge < -0.3 is 10.5 Å². The van der Waals surface area contributed by atoms with E-state index in [1.807, 2.05) is 24.3 Å². The monoisotopic (exact) mass is 225 g/mol. The highest BCUT2D eigenvalue weighted by atomic mass is 35.5. The van der Waals surface area contributed by atoms with E-state index in [4.69, 9.17) is 10.5 Å². The van der Waals surface area contributed by atoms with Gasteiger partial charge in [0, 0.05) is 12.3 Å². The lowest BCUT2D eigenvalue weighted by atomic mass is 10.3. The van der Waals surface area contributed by atoms with E-state index in [-0.39, 0.29) is 12.4 Å². The van der Waals surface area contributed by atoms with Gasteiger partial charge in [0.2, 0.25) is 0 Å². The van der Waals surface area contributed by atoms with Crippen LogP contribution in [0.25, 0.3) is 5.69 Å². The number of nitrogen functional groups attached to an aromatic ring is 1. The summed E-state index contributed by atoms with van der Waals surface area (Å²) in [5.41, 5.74) is 6.42. The predicted molar refractivity (Wildman–Crippen MR) is 61.8 cm³/mol. The molecule has 0 spiro atoms. The van der Waals surface area contributed by atoms with Crippen molar-refractivity contribution in [3.63, 3.8) is 0 Å². The largest absolute Gasteiger partial charge is 0.494 e. The van der Waals surface area contributed by atoms with Crippen molar-refractivity contribution < 1.29 is 4.74 Å². The van der Waals surface area contributed by atoms with Crippen molar-refractivity contribution >= 4 is 18.2 Å². The number of nitrogens with two attached hydrogens (primary N) is 1. The van der Waals surface area contributed by atoms with E-state index in [9.17, 15) is 0 Å². The molecule has 0 saturated heterocycles. The molecule has 0 fully saturated rings. The van der Waals surface area contributed by atoms with Crippen LogP contribution in [-0.4, -0.2) is 16.9 Å². The molecule has 0 bridgehead atoms. The van der Waals surface area contributed by atoms with Crippen LogP contribution in [0.5, 0.6) is 5.75 Å². The third-order valence-electron chi connectivity index (χ3n) is 1.94. The first-order chi connectivity index (χ1) is 6.81. The lowest BCUT2D eigenvalue weighted by Crippen LogP contribution is -1.99. The van der Waals surface area contributed by atoms with E-state index in [0.29, 0.717) is 5.82 Å². The zero-order valence-electron chi connectivity index (χ0n) is 8.25. The molecular weight excluding hydrogens is 214 g/mol. The molecule has 2 rings (SSSR count). The Kier molecular flexibility index (Phi) is 3.57. The van der Waals surface area contributed by atoms with Crippen molar-refractivity contribution in [3.8, 4) is 11.4 Å². The minimum Gasteiger partial charge on any atom is -0.494 e. The minimum absolute atomic E-state index is 0. The summed E-state index contributed by atoms with van der Waals surface area (Å²) in [4.78, 5) is 0. The summed E-state index contributed by atoms with van der Waals surface area (Å²) in [6.07, 6.45) is 1.80. The van der Waals surface area contributed by atoms with Crippen LogP contribution in [0.1, 0.15) is 0 Å². The lowest BCUT2D eigenvalue weighted by Gasteiger charge is -2.06. The van der Waals surface area contributed by atoms with Crippen LogP contribution in [0.4, 0.5) is 5.82 Å². The first-order valence-corrected chi connectivity index (χ1v) is 4.26. The van der Waals surface area contributed by atoms with E-state index >= 15 is 0 Å². The van der Waals surface area contributed by atoms with Gasteiger partial charge in [0.15, 0.2) is 0 Å². The number of nitrogens with zero attached hydrogens (tertiary/aromatic N) is 2. The number of ether oxygens (including phenoxy) is 1. The average molecular weight is 226 g/mol. The molecule has 0 amide bonds. The molecule has 0 atom stereocenters. The SMILES string of the molecule is COc1ccccc1-n1ccc(N)n1.Cl. The lowest BCUT2D eigenvalue weighted by molar-refractivity contribution is 0.412. The molecule has 0 aliphatic heterocycles. The number of para-hydroxylation sites is 2. The van der Waals surface area contributed by atoms with Crippen molar-refractivity contribution in [2.45, 2.75) is 0 Å². The van der Waals surface area contributed by atoms with Crippen LogP contribution >= 0.6 is 12.4 Å². The second-order valence-electron chi connectivity index (χ2n) is 2.86. The summed E-state index contributed by atoms with van der Waals surface area (Å²) in [5.74, 6) is 1.27. The van der Waals surface area contributed by atoms with Gasteiger partial charge in [-0.3, -0.25) is 0 Å². The summed E-state index contributed by atoms with van der Waals surface area (Å²) in [6, 6.07) is 9.38. The maximum Gasteiger partial charge on any atom is 0.145 e. The number of benzene rings is 1. The van der Waals surface area contributed by atoms with Crippen LogP contribution in [0, 0.1) is 0 Å². The van der Waals surface area contributed by atoms with Gasteiger partial charge >= 0.3 is 0 Å². The van der Waals surface area contributed by atoms with E-state index in [0.717, 1.165) is 11.4 Å². The molecule has 2 aromatic rings. The summed E-state index contributed by atoms with van der Waals surface area (Å²) in [7, 11) is 1.63. The number of hydrogen-bond acceptors (Lipinski definition) is 3. The highest BCUT2D eigenvalue weighted by Gasteiger charge is 2.04. The third kappa shape index (κ3) is 2.22. The molecular formula is C10H12ClN3O. The first-order valence-electron chi connectivity index (χ1n) is 4.26. The van der Waals surface area contributed by atoms with Crippen molar-refractivity contribution in [3.05, 3.63) is 36.5 Å². The Hall–Kier alpha value is -1.68. The molecule has 0 aliphatic carbocycles. The van der Waals surface area contributed by atoms with E-state index in [2.05, 4.69) is 5.10 Å². The highest BCUT2D eigenvalue weighted by Crippen LogP contribution is 2.21. The normalized spacial score (nSPS) is 9.40. The molecule has 0 radical (unpaired) electrons. The predicted octanol–water partition coefficient (Wildman–Crippen LogP) is 1.88. The standard InChI is InChI=1S/C10H11N3O.ClH/c1-14-9-5-3-2-4-8(9)13-7-6-10(11)12-13;/h2-7H,1H3,(H2,11,12);1H. The number of hydrogen-bond donors (Lipinski definition) is 1. The fourth-order valence-electron chi connectivity index (χ4n) is 1.29. The first kappa shape index (κ1) is 11.4. The Morgan fingerprint density at radius 1 is 1.27 bits per heavy atom. The molecule has 15 heavy (non-hydrogen) atoms. The fourth-order valence-corrected chi connectivity index (χ4v) is 1.29. The van der Waals surface area contributed by atoms with Gasteiger partial charge in [-0.2, -0.15) is 5.10 Å². The third-order valence-corrected chi connectivity index (χ3v) is 1.94. The maximum atomic E-state index is 5.53. The van der Waals surface area contributed by atoms with Gasteiger partial charge in [-0.15, -0.1) is 12.4 Å². The van der Waals surface area contributed by atoms with Gasteiger partial charge in [-0.1, -0.05) is 12.1 Å². The summed E-state index contributed by atoms with van der Waals surface area (Å²) in [6.45, 7) is 0. The fraction of sp³-hybridized carbons (Fsp3) is 0.100. The number of methoxy groups -OCH3 is 1. The van der Waals surface area contributed by atoms with Crippen LogP contribution in [-0.2, 0) is 0 Å². The molecule has 1 aromatic carbocycles. The van der Waals surface area contributed by atoms with Crippen LogP contribution in [0.15, 0.2) is 36.5 Å². The van der Waals surface area contributed by atoms with Gasteiger partial charge in [0.25, 0.3) is 0 Å². The summed E-state index contributed by atoms with van der Waals surface area (Å²) < 4.78 is 6.90. The zero-order chi connectivity index (χ0) is 9.97. The maximum absolute atomic E-state index is 5.53. The molecule has 80 valence electrons. The number of halogens is 1. The zero-order valence-corrected chi connectivity index (χ0v) is 9.07. The van der Waals surface area contributed by atoms with Crippen LogP contribution in [0.2, 0.25) is 0 Å². The van der Waals surface area contributed by atoms with Gasteiger partial charge in [0.1, 0.15) is 17.3 Å². The summed E-state index contributed by atoms with van der Waals surface area (Å²) >= 11 is 0. The number of rotatable bonds is 2.